The second-order valence-electron chi connectivity index (χ2n) is 8.41. The standard InChI is InChI=1S/C22H37NO3Si/c1-11-14-17-19(25-8)16(4)15-18(21(24)23(12-2)13-3)20(17)26-27(9,10)22(5,6)7/h11,15H,1,12-14H2,2-10H3. The van der Waals surface area contributed by atoms with Crippen molar-refractivity contribution in [3.63, 3.8) is 0 Å². The number of aryl methyl sites for hydroxylation is 1. The minimum atomic E-state index is -2.15. The largest absolute Gasteiger partial charge is 0.543 e. The smallest absolute Gasteiger partial charge is 0.257 e. The lowest BCUT2D eigenvalue weighted by atomic mass is 9.99. The van der Waals surface area contributed by atoms with Crippen LogP contribution in [0.2, 0.25) is 18.1 Å². The first kappa shape index (κ1) is 23.3. The average molecular weight is 392 g/mol. The summed E-state index contributed by atoms with van der Waals surface area (Å²) in [6, 6.07) is 1.91. The zero-order chi connectivity index (χ0) is 21.0. The fraction of sp³-hybridized carbons (Fsp3) is 0.591. The number of carbonyl (C=O) groups is 1. The van der Waals surface area contributed by atoms with Gasteiger partial charge in [-0.3, -0.25) is 4.79 Å². The highest BCUT2D eigenvalue weighted by Gasteiger charge is 2.41. The van der Waals surface area contributed by atoms with Gasteiger partial charge in [0.05, 0.1) is 12.7 Å². The Labute approximate surface area is 166 Å². The van der Waals surface area contributed by atoms with Crippen molar-refractivity contribution in [2.75, 3.05) is 20.2 Å². The summed E-state index contributed by atoms with van der Waals surface area (Å²) in [7, 11) is -0.489. The molecule has 1 aromatic carbocycles. The van der Waals surface area contributed by atoms with Gasteiger partial charge in [-0.25, -0.2) is 0 Å². The van der Waals surface area contributed by atoms with Gasteiger partial charge in [-0.1, -0.05) is 26.8 Å². The van der Waals surface area contributed by atoms with Crippen LogP contribution in [0.1, 0.15) is 56.1 Å². The van der Waals surface area contributed by atoms with Crippen LogP contribution in [0, 0.1) is 6.92 Å². The maximum Gasteiger partial charge on any atom is 0.257 e. The molecule has 5 heteroatoms. The van der Waals surface area contributed by atoms with Gasteiger partial charge in [-0.15, -0.1) is 6.58 Å². The van der Waals surface area contributed by atoms with Crippen LogP contribution in [0.5, 0.6) is 11.5 Å². The number of hydrogen-bond donors (Lipinski definition) is 0. The molecule has 0 aliphatic carbocycles. The molecule has 0 bridgehead atoms. The molecule has 1 aromatic rings. The number of amides is 1. The van der Waals surface area contributed by atoms with E-state index in [1.54, 1.807) is 7.11 Å². The van der Waals surface area contributed by atoms with Crippen LogP contribution in [0.3, 0.4) is 0 Å². The van der Waals surface area contributed by atoms with Crippen LogP contribution >= 0.6 is 0 Å². The molecular formula is C22H37NO3Si. The van der Waals surface area contributed by atoms with Gasteiger partial charge in [0.25, 0.3) is 14.2 Å². The zero-order valence-corrected chi connectivity index (χ0v) is 19.7. The summed E-state index contributed by atoms with van der Waals surface area (Å²) in [5.74, 6) is 1.45. The molecule has 1 rings (SSSR count). The number of ether oxygens (including phenoxy) is 1. The highest BCUT2D eigenvalue weighted by molar-refractivity contribution is 6.74. The number of methoxy groups -OCH3 is 1. The van der Waals surface area contributed by atoms with Gasteiger partial charge in [0.2, 0.25) is 0 Å². The topological polar surface area (TPSA) is 38.8 Å². The Morgan fingerprint density at radius 1 is 1.22 bits per heavy atom. The first-order valence-electron chi connectivity index (χ1n) is 9.74. The van der Waals surface area contributed by atoms with Gasteiger partial charge >= 0.3 is 0 Å². The van der Waals surface area contributed by atoms with Crippen LogP contribution < -0.4 is 9.16 Å². The summed E-state index contributed by atoms with van der Waals surface area (Å²) in [6.45, 7) is 22.2. The molecule has 152 valence electrons. The molecule has 0 fully saturated rings. The van der Waals surface area contributed by atoms with Crippen molar-refractivity contribution in [1.29, 1.82) is 0 Å². The molecule has 0 atom stereocenters. The Balaban J connectivity index is 3.76. The van der Waals surface area contributed by atoms with E-state index in [2.05, 4.69) is 40.4 Å². The van der Waals surface area contributed by atoms with Crippen molar-refractivity contribution in [3.8, 4) is 11.5 Å². The lowest BCUT2D eigenvalue weighted by Gasteiger charge is -2.38. The third-order valence-corrected chi connectivity index (χ3v) is 9.84. The Kier molecular flexibility index (Phi) is 7.73. The summed E-state index contributed by atoms with van der Waals surface area (Å²) in [5, 5.41) is 0.0199. The minimum Gasteiger partial charge on any atom is -0.543 e. The number of hydrogen-bond acceptors (Lipinski definition) is 3. The van der Waals surface area contributed by atoms with Crippen molar-refractivity contribution in [3.05, 3.63) is 35.4 Å². The third-order valence-electron chi connectivity index (χ3n) is 5.51. The molecule has 0 saturated carbocycles. The van der Waals surface area contributed by atoms with Crippen molar-refractivity contribution < 1.29 is 14.0 Å². The maximum atomic E-state index is 13.3. The predicted molar refractivity (Wildman–Crippen MR) is 117 cm³/mol. The van der Waals surface area contributed by atoms with Crippen LogP contribution in [0.15, 0.2) is 18.7 Å². The SMILES string of the molecule is C=CCc1c(OC)c(C)cc(C(=O)N(CC)CC)c1O[Si](C)(C)C(C)(C)C. The van der Waals surface area contributed by atoms with Crippen LogP contribution in [-0.4, -0.2) is 39.3 Å². The summed E-state index contributed by atoms with van der Waals surface area (Å²) in [5.41, 5.74) is 2.47. The fourth-order valence-corrected chi connectivity index (χ4v) is 3.88. The molecule has 0 unspecified atom stereocenters. The van der Waals surface area contributed by atoms with Gasteiger partial charge in [0.1, 0.15) is 11.5 Å². The Hall–Kier alpha value is -1.75. The average Bonchev–Trinajstić information content (AvgIpc) is 2.57. The van der Waals surface area contributed by atoms with Gasteiger partial charge in [-0.05, 0) is 57.0 Å². The lowest BCUT2D eigenvalue weighted by Crippen LogP contribution is -2.44. The Bertz CT molecular complexity index is 686. The summed E-state index contributed by atoms with van der Waals surface area (Å²) in [6.07, 6.45) is 2.43. The van der Waals surface area contributed by atoms with E-state index in [4.69, 9.17) is 9.16 Å². The first-order valence-corrected chi connectivity index (χ1v) is 12.7. The van der Waals surface area contributed by atoms with Gasteiger partial charge in [0.15, 0.2) is 0 Å². The predicted octanol–water partition coefficient (Wildman–Crippen LogP) is 5.60. The normalized spacial score (nSPS) is 11.9. The number of benzene rings is 1. The number of allylic oxidation sites excluding steroid dienone is 1. The molecule has 0 N–H and O–H groups in total. The number of rotatable bonds is 8. The zero-order valence-electron chi connectivity index (χ0n) is 18.7. The van der Waals surface area contributed by atoms with Gasteiger partial charge in [-0.2, -0.15) is 0 Å². The van der Waals surface area contributed by atoms with E-state index in [0.29, 0.717) is 30.8 Å². The number of nitrogens with zero attached hydrogens (tertiary/aromatic N) is 1. The molecule has 0 spiro atoms. The van der Waals surface area contributed by atoms with E-state index in [9.17, 15) is 4.79 Å². The van der Waals surface area contributed by atoms with E-state index in [1.807, 2.05) is 37.8 Å². The Morgan fingerprint density at radius 3 is 2.19 bits per heavy atom. The molecule has 1 amide bonds. The molecule has 0 heterocycles. The second-order valence-corrected chi connectivity index (χ2v) is 13.1. The van der Waals surface area contributed by atoms with Crippen LogP contribution in [0.4, 0.5) is 0 Å². The van der Waals surface area contributed by atoms with Crippen molar-refractivity contribution in [2.24, 2.45) is 0 Å². The summed E-state index contributed by atoms with van der Waals surface area (Å²) in [4.78, 5) is 15.1. The lowest BCUT2D eigenvalue weighted by molar-refractivity contribution is 0.0770. The minimum absolute atomic E-state index is 0.00442. The van der Waals surface area contributed by atoms with E-state index in [-0.39, 0.29) is 10.9 Å². The molecular weight excluding hydrogens is 354 g/mol. The van der Waals surface area contributed by atoms with Crippen molar-refractivity contribution in [1.82, 2.24) is 4.90 Å². The highest BCUT2D eigenvalue weighted by atomic mass is 28.4. The Morgan fingerprint density at radius 2 is 1.78 bits per heavy atom. The molecule has 0 aliphatic heterocycles. The maximum absolute atomic E-state index is 13.3. The van der Waals surface area contributed by atoms with E-state index >= 15 is 0 Å². The first-order chi connectivity index (χ1) is 12.4. The van der Waals surface area contributed by atoms with Gasteiger partial charge < -0.3 is 14.1 Å². The third kappa shape index (κ3) is 4.95. The van der Waals surface area contributed by atoms with E-state index in [1.165, 1.54) is 0 Å². The summed E-state index contributed by atoms with van der Waals surface area (Å²) >= 11 is 0. The molecule has 4 nitrogen and oxygen atoms in total. The fourth-order valence-electron chi connectivity index (χ4n) is 2.83. The van der Waals surface area contributed by atoms with Crippen molar-refractivity contribution >= 4 is 14.2 Å². The van der Waals surface area contributed by atoms with Crippen LogP contribution in [0.25, 0.3) is 0 Å². The summed E-state index contributed by atoms with van der Waals surface area (Å²) < 4.78 is 12.4. The number of carbonyl (C=O) groups excluding carboxylic acids is 1. The molecule has 27 heavy (non-hydrogen) atoms. The second kappa shape index (κ2) is 8.96. The van der Waals surface area contributed by atoms with E-state index in [0.717, 1.165) is 16.9 Å². The molecule has 0 aliphatic rings. The van der Waals surface area contributed by atoms with Gasteiger partial charge in [0, 0.05) is 18.7 Å². The quantitative estimate of drug-likeness (QED) is 0.428. The monoisotopic (exact) mass is 391 g/mol. The molecule has 0 aromatic heterocycles. The molecule has 0 radical (unpaired) electrons. The highest BCUT2D eigenvalue weighted by Crippen LogP contribution is 2.43. The van der Waals surface area contributed by atoms with Crippen molar-refractivity contribution in [2.45, 2.75) is 66.1 Å². The van der Waals surface area contributed by atoms with Crippen LogP contribution in [-0.2, 0) is 6.42 Å². The van der Waals surface area contributed by atoms with E-state index < -0.39 is 8.32 Å². The molecule has 0 saturated heterocycles.